The van der Waals surface area contributed by atoms with E-state index in [9.17, 15) is 9.59 Å². The number of aromatic nitrogens is 1. The number of carbonyl (C=O) groups is 2. The standard InChI is InChI=1S/C26H27N5O2/c1-31-16-21(22(17-31)26(33)29-20-12-14-28-15-13-20)19-9-6-18(7-10-19)8-11-25(32)30-24-5-3-2-4-23(24)27/h2-15,21-22H,16-17,27H2,1H3,(H,30,32)(H,28,29,33)/b11-8+/t21-,22+/m1/s1. The van der Waals surface area contributed by atoms with Gasteiger partial charge in [-0.3, -0.25) is 14.6 Å². The smallest absolute Gasteiger partial charge is 0.248 e. The highest BCUT2D eigenvalue weighted by Gasteiger charge is 2.36. The van der Waals surface area contributed by atoms with Crippen LogP contribution in [0.15, 0.2) is 79.1 Å². The van der Waals surface area contributed by atoms with Crippen molar-refractivity contribution in [1.82, 2.24) is 9.88 Å². The van der Waals surface area contributed by atoms with Gasteiger partial charge >= 0.3 is 0 Å². The first kappa shape index (κ1) is 22.2. The predicted octanol–water partition coefficient (Wildman–Crippen LogP) is 3.60. The van der Waals surface area contributed by atoms with Crippen LogP contribution in [0, 0.1) is 5.92 Å². The summed E-state index contributed by atoms with van der Waals surface area (Å²) in [6.45, 7) is 1.51. The average Bonchev–Trinajstić information content (AvgIpc) is 3.22. The molecule has 7 heteroatoms. The molecule has 2 aromatic carbocycles. The van der Waals surface area contributed by atoms with Crippen molar-refractivity contribution in [2.45, 2.75) is 5.92 Å². The molecule has 0 spiro atoms. The van der Waals surface area contributed by atoms with Crippen LogP contribution >= 0.6 is 0 Å². The van der Waals surface area contributed by atoms with Gasteiger partial charge in [-0.2, -0.15) is 0 Å². The fraction of sp³-hybridized carbons (Fsp3) is 0.192. The van der Waals surface area contributed by atoms with E-state index in [4.69, 9.17) is 5.73 Å². The molecular weight excluding hydrogens is 414 g/mol. The number of para-hydroxylation sites is 2. The van der Waals surface area contributed by atoms with Gasteiger partial charge in [0.2, 0.25) is 11.8 Å². The van der Waals surface area contributed by atoms with E-state index in [0.717, 1.165) is 23.4 Å². The van der Waals surface area contributed by atoms with E-state index in [-0.39, 0.29) is 23.7 Å². The lowest BCUT2D eigenvalue weighted by atomic mass is 9.88. The Balaban J connectivity index is 1.41. The third kappa shape index (κ3) is 5.64. The quantitative estimate of drug-likeness (QED) is 0.401. The Hall–Kier alpha value is -3.97. The summed E-state index contributed by atoms with van der Waals surface area (Å²) < 4.78 is 0. The van der Waals surface area contributed by atoms with Gasteiger partial charge in [0, 0.05) is 43.2 Å². The van der Waals surface area contributed by atoms with Crippen molar-refractivity contribution < 1.29 is 9.59 Å². The first-order chi connectivity index (χ1) is 16.0. The Bertz CT molecular complexity index is 1140. The molecule has 1 aliphatic heterocycles. The molecular formula is C26H27N5O2. The molecule has 1 fully saturated rings. The van der Waals surface area contributed by atoms with E-state index in [1.807, 2.05) is 43.4 Å². The van der Waals surface area contributed by atoms with Gasteiger partial charge in [0.25, 0.3) is 0 Å². The molecule has 0 bridgehead atoms. The fourth-order valence-electron chi connectivity index (χ4n) is 4.09. The maximum Gasteiger partial charge on any atom is 0.248 e. The highest BCUT2D eigenvalue weighted by Crippen LogP contribution is 2.33. The Morgan fingerprint density at radius 2 is 1.73 bits per heavy atom. The molecule has 1 saturated heterocycles. The monoisotopic (exact) mass is 441 g/mol. The van der Waals surface area contributed by atoms with Crippen LogP contribution in [0.4, 0.5) is 17.1 Å². The zero-order valence-corrected chi connectivity index (χ0v) is 18.4. The number of nitrogens with zero attached hydrogens (tertiary/aromatic N) is 2. The number of anilines is 3. The zero-order chi connectivity index (χ0) is 23.2. The maximum atomic E-state index is 12.9. The van der Waals surface area contributed by atoms with Crippen LogP contribution in [-0.4, -0.2) is 41.8 Å². The minimum atomic E-state index is -0.248. The van der Waals surface area contributed by atoms with Crippen molar-refractivity contribution in [3.05, 3.63) is 90.3 Å². The SMILES string of the molecule is CN1C[C@H](C(=O)Nc2ccncc2)[C@@H](c2ccc(/C=C/C(=O)Nc3ccccc3N)cc2)C1. The summed E-state index contributed by atoms with van der Waals surface area (Å²) in [5.41, 5.74) is 9.73. The molecule has 168 valence electrons. The van der Waals surface area contributed by atoms with Gasteiger partial charge in [-0.15, -0.1) is 0 Å². The lowest BCUT2D eigenvalue weighted by Gasteiger charge is -2.18. The largest absolute Gasteiger partial charge is 0.397 e. The average molecular weight is 442 g/mol. The lowest BCUT2D eigenvalue weighted by Crippen LogP contribution is -2.28. The molecule has 33 heavy (non-hydrogen) atoms. The lowest BCUT2D eigenvalue weighted by molar-refractivity contribution is -0.119. The van der Waals surface area contributed by atoms with Crippen molar-refractivity contribution in [2.75, 3.05) is 36.5 Å². The van der Waals surface area contributed by atoms with Crippen molar-refractivity contribution >= 4 is 35.0 Å². The zero-order valence-electron chi connectivity index (χ0n) is 18.4. The van der Waals surface area contributed by atoms with E-state index >= 15 is 0 Å². The number of rotatable bonds is 6. The van der Waals surface area contributed by atoms with Gasteiger partial charge in [0.1, 0.15) is 0 Å². The molecule has 2 amide bonds. The first-order valence-electron chi connectivity index (χ1n) is 10.8. The van der Waals surface area contributed by atoms with E-state index in [1.165, 1.54) is 6.08 Å². The maximum absolute atomic E-state index is 12.9. The number of nitrogen functional groups attached to an aromatic ring is 1. The van der Waals surface area contributed by atoms with Crippen molar-refractivity contribution in [2.24, 2.45) is 5.92 Å². The number of nitrogens with two attached hydrogens (primary N) is 1. The second-order valence-electron chi connectivity index (χ2n) is 8.24. The summed E-state index contributed by atoms with van der Waals surface area (Å²) in [4.78, 5) is 31.3. The molecule has 2 heterocycles. The number of carbonyl (C=O) groups excluding carboxylic acids is 2. The van der Waals surface area contributed by atoms with Gasteiger partial charge in [0.05, 0.1) is 17.3 Å². The molecule has 0 unspecified atom stereocenters. The summed E-state index contributed by atoms with van der Waals surface area (Å²) in [7, 11) is 2.03. The minimum absolute atomic E-state index is 0.0105. The molecule has 1 aliphatic rings. The third-order valence-corrected chi connectivity index (χ3v) is 5.80. The fourth-order valence-corrected chi connectivity index (χ4v) is 4.09. The van der Waals surface area contributed by atoms with Crippen LogP contribution in [0.1, 0.15) is 17.0 Å². The molecule has 2 atom stereocenters. The van der Waals surface area contributed by atoms with Crippen molar-refractivity contribution in [3.63, 3.8) is 0 Å². The van der Waals surface area contributed by atoms with Crippen LogP contribution in [-0.2, 0) is 9.59 Å². The van der Waals surface area contributed by atoms with Crippen LogP contribution < -0.4 is 16.4 Å². The summed E-state index contributed by atoms with van der Waals surface area (Å²) in [5.74, 6) is -0.287. The van der Waals surface area contributed by atoms with E-state index in [0.29, 0.717) is 17.9 Å². The summed E-state index contributed by atoms with van der Waals surface area (Å²) in [6.07, 6.45) is 6.56. The van der Waals surface area contributed by atoms with E-state index in [2.05, 4.69) is 20.5 Å². The molecule has 0 aliphatic carbocycles. The number of hydrogen-bond donors (Lipinski definition) is 3. The third-order valence-electron chi connectivity index (χ3n) is 5.80. The minimum Gasteiger partial charge on any atom is -0.397 e. The highest BCUT2D eigenvalue weighted by molar-refractivity contribution is 6.03. The van der Waals surface area contributed by atoms with Crippen LogP contribution in [0.2, 0.25) is 0 Å². The van der Waals surface area contributed by atoms with Gasteiger partial charge in [-0.05, 0) is 48.5 Å². The number of benzene rings is 2. The number of amides is 2. The molecule has 0 saturated carbocycles. The van der Waals surface area contributed by atoms with Crippen molar-refractivity contribution in [1.29, 1.82) is 0 Å². The highest BCUT2D eigenvalue weighted by atomic mass is 16.2. The summed E-state index contributed by atoms with van der Waals surface area (Å²) >= 11 is 0. The molecule has 1 aromatic heterocycles. The Kier molecular flexibility index (Phi) is 6.80. The predicted molar refractivity (Wildman–Crippen MR) is 132 cm³/mol. The van der Waals surface area contributed by atoms with Crippen LogP contribution in [0.5, 0.6) is 0 Å². The van der Waals surface area contributed by atoms with Crippen molar-refractivity contribution in [3.8, 4) is 0 Å². The Labute approximate surface area is 193 Å². The second kappa shape index (κ2) is 10.1. The summed E-state index contributed by atoms with van der Waals surface area (Å²) in [5, 5.41) is 5.78. The van der Waals surface area contributed by atoms with Crippen LogP contribution in [0.3, 0.4) is 0 Å². The van der Waals surface area contributed by atoms with E-state index in [1.54, 1.807) is 42.7 Å². The first-order valence-corrected chi connectivity index (χ1v) is 10.8. The second-order valence-corrected chi connectivity index (χ2v) is 8.24. The Morgan fingerprint density at radius 3 is 2.45 bits per heavy atom. The molecule has 0 radical (unpaired) electrons. The molecule has 4 N–H and O–H groups in total. The topological polar surface area (TPSA) is 100 Å². The number of nitrogens with one attached hydrogen (secondary N) is 2. The Morgan fingerprint density at radius 1 is 1.00 bits per heavy atom. The molecule has 3 aromatic rings. The summed E-state index contributed by atoms with van der Waals surface area (Å²) in [6, 6.07) is 18.7. The van der Waals surface area contributed by atoms with Gasteiger partial charge in [-0.1, -0.05) is 36.4 Å². The number of pyridine rings is 1. The normalized spacial score (nSPS) is 18.3. The van der Waals surface area contributed by atoms with E-state index < -0.39 is 0 Å². The van der Waals surface area contributed by atoms with Gasteiger partial charge in [0.15, 0.2) is 0 Å². The number of likely N-dealkylation sites (N-methyl/N-ethyl adjacent to an activating group) is 1. The molecule has 4 rings (SSSR count). The number of likely N-dealkylation sites (tertiary alicyclic amines) is 1. The number of hydrogen-bond acceptors (Lipinski definition) is 5. The molecule has 7 nitrogen and oxygen atoms in total. The van der Waals surface area contributed by atoms with Gasteiger partial charge < -0.3 is 21.3 Å². The van der Waals surface area contributed by atoms with Gasteiger partial charge in [-0.25, -0.2) is 0 Å². The van der Waals surface area contributed by atoms with Crippen LogP contribution in [0.25, 0.3) is 6.08 Å².